The molecule has 120 valence electrons. The summed E-state index contributed by atoms with van der Waals surface area (Å²) in [5.74, 6) is 0.953. The quantitative estimate of drug-likeness (QED) is 0.583. The summed E-state index contributed by atoms with van der Waals surface area (Å²) in [6.45, 7) is 1.46. The Bertz CT molecular complexity index is 727. The Balaban J connectivity index is 2.41. The smallest absolute Gasteiger partial charge is 0.221 e. The van der Waals surface area contributed by atoms with Gasteiger partial charge in [0.05, 0.1) is 25.6 Å². The number of amides is 1. The zero-order chi connectivity index (χ0) is 16.8. The van der Waals surface area contributed by atoms with E-state index in [-0.39, 0.29) is 5.91 Å². The van der Waals surface area contributed by atoms with E-state index in [0.717, 1.165) is 14.8 Å². The molecule has 5 nitrogen and oxygen atoms in total. The van der Waals surface area contributed by atoms with Crippen molar-refractivity contribution in [3.05, 3.63) is 45.5 Å². The molecule has 0 bridgehead atoms. The lowest BCUT2D eigenvalue weighted by atomic mass is 10.1. The number of nitrogens with one attached hydrogen (secondary N) is 1. The number of carbonyl (C=O) groups is 1. The van der Waals surface area contributed by atoms with Crippen LogP contribution in [0.3, 0.4) is 0 Å². The molecule has 0 aromatic heterocycles. The monoisotopic (exact) mass is 424 g/mol. The maximum atomic E-state index is 11.4. The van der Waals surface area contributed by atoms with Gasteiger partial charge in [-0.3, -0.25) is 9.79 Å². The molecule has 0 saturated carbocycles. The van der Waals surface area contributed by atoms with Gasteiger partial charge < -0.3 is 14.8 Å². The molecule has 0 heterocycles. The molecule has 0 fully saturated rings. The minimum atomic E-state index is -0.166. The van der Waals surface area contributed by atoms with Crippen molar-refractivity contribution in [2.45, 2.75) is 6.92 Å². The number of ether oxygens (including phenoxy) is 2. The minimum absolute atomic E-state index is 0.166. The van der Waals surface area contributed by atoms with Gasteiger partial charge in [-0.2, -0.15) is 0 Å². The van der Waals surface area contributed by atoms with Crippen molar-refractivity contribution in [2.75, 3.05) is 19.5 Å². The van der Waals surface area contributed by atoms with Crippen LogP contribution in [0.2, 0.25) is 0 Å². The van der Waals surface area contributed by atoms with E-state index in [4.69, 9.17) is 9.47 Å². The number of rotatable bonds is 5. The number of carbonyl (C=O) groups excluding carboxylic acids is 1. The third-order valence-electron chi connectivity index (χ3n) is 3.05. The van der Waals surface area contributed by atoms with Crippen molar-refractivity contribution in [3.8, 4) is 11.5 Å². The van der Waals surface area contributed by atoms with E-state index in [0.29, 0.717) is 17.2 Å². The summed E-state index contributed by atoms with van der Waals surface area (Å²) in [6.07, 6.45) is 1.69. The first-order valence-corrected chi connectivity index (χ1v) is 7.94. The fraction of sp³-hybridized carbons (Fsp3) is 0.176. The molecule has 2 rings (SSSR count). The fourth-order valence-corrected chi connectivity index (χ4v) is 2.33. The number of halogens is 1. The number of nitrogens with zero attached hydrogens (tertiary/aromatic N) is 1. The van der Waals surface area contributed by atoms with Gasteiger partial charge in [0.2, 0.25) is 5.91 Å². The Morgan fingerprint density at radius 3 is 2.30 bits per heavy atom. The fourth-order valence-electron chi connectivity index (χ4n) is 1.97. The first-order valence-electron chi connectivity index (χ1n) is 6.86. The van der Waals surface area contributed by atoms with Gasteiger partial charge >= 0.3 is 0 Å². The van der Waals surface area contributed by atoms with Crippen LogP contribution in [0.25, 0.3) is 0 Å². The Kier molecular flexibility index (Phi) is 5.97. The van der Waals surface area contributed by atoms with E-state index >= 15 is 0 Å². The molecule has 0 radical (unpaired) electrons. The summed E-state index contributed by atoms with van der Waals surface area (Å²) in [7, 11) is 3.12. The first kappa shape index (κ1) is 17.3. The van der Waals surface area contributed by atoms with Crippen LogP contribution >= 0.6 is 22.6 Å². The second-order valence-corrected chi connectivity index (χ2v) is 5.96. The van der Waals surface area contributed by atoms with Crippen molar-refractivity contribution in [2.24, 2.45) is 4.99 Å². The van der Waals surface area contributed by atoms with E-state index in [1.165, 1.54) is 6.92 Å². The maximum absolute atomic E-state index is 11.4. The molecule has 23 heavy (non-hydrogen) atoms. The lowest BCUT2D eigenvalue weighted by Gasteiger charge is -2.13. The van der Waals surface area contributed by atoms with Gasteiger partial charge in [-0.25, -0.2) is 0 Å². The highest BCUT2D eigenvalue weighted by Gasteiger charge is 2.11. The molecular weight excluding hydrogens is 407 g/mol. The third kappa shape index (κ3) is 4.69. The zero-order valence-corrected chi connectivity index (χ0v) is 15.2. The summed E-state index contributed by atoms with van der Waals surface area (Å²) in [6, 6.07) is 11.3. The molecule has 0 spiro atoms. The number of benzene rings is 2. The van der Waals surface area contributed by atoms with Crippen molar-refractivity contribution in [1.82, 2.24) is 0 Å². The summed E-state index contributed by atoms with van der Waals surface area (Å²) in [5.41, 5.74) is 2.18. The number of hydrogen-bond acceptors (Lipinski definition) is 4. The zero-order valence-electron chi connectivity index (χ0n) is 13.1. The highest BCUT2D eigenvalue weighted by molar-refractivity contribution is 14.1. The number of anilines is 1. The minimum Gasteiger partial charge on any atom is -0.493 e. The summed E-state index contributed by atoms with van der Waals surface area (Å²) in [4.78, 5) is 15.8. The molecular formula is C17H17IN2O3. The number of aliphatic imine (C=N–C) groups is 1. The lowest BCUT2D eigenvalue weighted by Crippen LogP contribution is -2.08. The highest BCUT2D eigenvalue weighted by Crippen LogP contribution is 2.33. The van der Waals surface area contributed by atoms with Crippen LogP contribution in [0.15, 0.2) is 41.4 Å². The van der Waals surface area contributed by atoms with Crippen LogP contribution in [-0.2, 0) is 4.79 Å². The molecule has 1 N–H and O–H groups in total. The normalized spacial score (nSPS) is 10.6. The molecule has 0 atom stereocenters. The average molecular weight is 424 g/mol. The van der Waals surface area contributed by atoms with Crippen LogP contribution < -0.4 is 14.8 Å². The molecule has 2 aromatic carbocycles. The van der Waals surface area contributed by atoms with E-state index < -0.39 is 0 Å². The van der Waals surface area contributed by atoms with Gasteiger partial charge in [-0.15, -0.1) is 0 Å². The van der Waals surface area contributed by atoms with Crippen molar-refractivity contribution in [3.63, 3.8) is 0 Å². The molecule has 2 aromatic rings. The van der Waals surface area contributed by atoms with E-state index in [1.54, 1.807) is 32.6 Å². The van der Waals surface area contributed by atoms with Gasteiger partial charge in [0.1, 0.15) is 0 Å². The van der Waals surface area contributed by atoms with E-state index in [1.807, 2.05) is 24.3 Å². The Labute approximate surface area is 148 Å². The Hall–Kier alpha value is -2.09. The first-order chi connectivity index (χ1) is 11.0. The van der Waals surface area contributed by atoms with Crippen LogP contribution in [-0.4, -0.2) is 26.3 Å². The molecule has 0 aliphatic rings. The van der Waals surface area contributed by atoms with Crippen molar-refractivity contribution < 1.29 is 14.3 Å². The summed E-state index contributed by atoms with van der Waals surface area (Å²) in [5, 5.41) is 2.78. The van der Waals surface area contributed by atoms with Gasteiger partial charge in [-0.1, -0.05) is 0 Å². The second-order valence-electron chi connectivity index (χ2n) is 4.71. The largest absolute Gasteiger partial charge is 0.493 e. The van der Waals surface area contributed by atoms with Gasteiger partial charge in [0, 0.05) is 28.3 Å². The third-order valence-corrected chi connectivity index (χ3v) is 3.76. The summed E-state index contributed by atoms with van der Waals surface area (Å²) >= 11 is 2.24. The molecule has 0 aliphatic heterocycles. The van der Waals surface area contributed by atoms with Gasteiger partial charge in [-0.05, 0) is 52.9 Å². The molecule has 6 heteroatoms. The molecule has 0 saturated heterocycles. The SMILES string of the molecule is COc1cc(C=Nc2ccc(I)cc2)c(NC(C)=O)cc1OC. The van der Waals surface area contributed by atoms with Crippen LogP contribution in [0.4, 0.5) is 11.4 Å². The van der Waals surface area contributed by atoms with Crippen molar-refractivity contribution >= 4 is 46.1 Å². The Morgan fingerprint density at radius 1 is 1.13 bits per heavy atom. The van der Waals surface area contributed by atoms with Crippen LogP contribution in [0.5, 0.6) is 11.5 Å². The van der Waals surface area contributed by atoms with Crippen molar-refractivity contribution in [1.29, 1.82) is 0 Å². The van der Waals surface area contributed by atoms with Gasteiger partial charge in [0.25, 0.3) is 0 Å². The predicted molar refractivity (Wildman–Crippen MR) is 100 cm³/mol. The summed E-state index contributed by atoms with van der Waals surface area (Å²) < 4.78 is 11.7. The average Bonchev–Trinajstić information content (AvgIpc) is 2.54. The number of methoxy groups -OCH3 is 2. The molecule has 0 aliphatic carbocycles. The van der Waals surface area contributed by atoms with E-state index in [2.05, 4.69) is 32.9 Å². The van der Waals surface area contributed by atoms with E-state index in [9.17, 15) is 4.79 Å². The molecule has 0 unspecified atom stereocenters. The lowest BCUT2D eigenvalue weighted by molar-refractivity contribution is -0.114. The highest BCUT2D eigenvalue weighted by atomic mass is 127. The molecule has 1 amide bonds. The predicted octanol–water partition coefficient (Wildman–Crippen LogP) is 4.02. The standard InChI is InChI=1S/C17H17IN2O3/c1-11(21)20-15-9-17(23-3)16(22-2)8-12(15)10-19-14-6-4-13(18)5-7-14/h4-10H,1-3H3,(H,20,21). The van der Waals surface area contributed by atoms with Gasteiger partial charge in [0.15, 0.2) is 11.5 Å². The maximum Gasteiger partial charge on any atom is 0.221 e. The number of hydrogen-bond donors (Lipinski definition) is 1. The topological polar surface area (TPSA) is 59.9 Å². The van der Waals surface area contributed by atoms with Crippen LogP contribution in [0.1, 0.15) is 12.5 Å². The second kappa shape index (κ2) is 7.96. The van der Waals surface area contributed by atoms with Crippen LogP contribution in [0, 0.1) is 3.57 Å². The Morgan fingerprint density at radius 2 is 1.74 bits per heavy atom.